The third kappa shape index (κ3) is 0.556. The number of nitrogens with two attached hydrogens (primary N) is 1. The Hall–Kier alpha value is -1.58. The van der Waals surface area contributed by atoms with Crippen molar-refractivity contribution in [2.24, 2.45) is 0 Å². The van der Waals surface area contributed by atoms with Crippen LogP contribution in [0.3, 0.4) is 0 Å². The van der Waals surface area contributed by atoms with Crippen molar-refractivity contribution in [3.8, 4) is 0 Å². The predicted octanol–water partition coefficient (Wildman–Crippen LogP) is 0.540. The van der Waals surface area contributed by atoms with Gasteiger partial charge in [0.25, 0.3) is 0 Å². The topological polar surface area (TPSA) is 67.6 Å². The van der Waals surface area contributed by atoms with Crippen molar-refractivity contribution >= 4 is 16.7 Å². The highest BCUT2D eigenvalue weighted by atomic mass is 15.1. The summed E-state index contributed by atoms with van der Waals surface area (Å²) in [4.78, 5) is 2.89. The molecule has 4 nitrogen and oxygen atoms in total. The summed E-state index contributed by atoms with van der Waals surface area (Å²) in [7, 11) is 0. The maximum atomic E-state index is 5.58. The van der Waals surface area contributed by atoms with Gasteiger partial charge in [0.15, 0.2) is 5.65 Å². The second kappa shape index (κ2) is 1.70. The molecule has 0 aliphatic rings. The number of hydrogen-bond donors (Lipinski definition) is 2. The monoisotopic (exact) mass is 134 g/mol. The van der Waals surface area contributed by atoms with E-state index in [4.69, 9.17) is 5.73 Å². The maximum Gasteiger partial charge on any atom is 0.162 e. The highest BCUT2D eigenvalue weighted by Crippen LogP contribution is 2.15. The zero-order chi connectivity index (χ0) is 6.97. The first kappa shape index (κ1) is 5.22. The van der Waals surface area contributed by atoms with Crippen LogP contribution in [0.5, 0.6) is 0 Å². The molecule has 0 spiro atoms. The van der Waals surface area contributed by atoms with Crippen molar-refractivity contribution in [1.82, 2.24) is 15.2 Å². The van der Waals surface area contributed by atoms with Crippen LogP contribution in [0.4, 0.5) is 5.69 Å². The van der Waals surface area contributed by atoms with Crippen molar-refractivity contribution < 1.29 is 0 Å². The summed E-state index contributed by atoms with van der Waals surface area (Å²) in [6, 6.07) is 1.83. The molecule has 0 bridgehead atoms. The van der Waals surface area contributed by atoms with Gasteiger partial charge in [0.05, 0.1) is 11.9 Å². The largest absolute Gasteiger partial charge is 0.397 e. The van der Waals surface area contributed by atoms with Crippen LogP contribution >= 0.6 is 0 Å². The molecule has 3 N–H and O–H groups in total. The van der Waals surface area contributed by atoms with E-state index in [9.17, 15) is 0 Å². The zero-order valence-corrected chi connectivity index (χ0v) is 5.20. The van der Waals surface area contributed by atoms with Gasteiger partial charge in [-0.1, -0.05) is 0 Å². The Kier molecular flexibility index (Phi) is 0.887. The van der Waals surface area contributed by atoms with Gasteiger partial charge in [-0.3, -0.25) is 0 Å². The Morgan fingerprint density at radius 2 is 2.40 bits per heavy atom. The zero-order valence-electron chi connectivity index (χ0n) is 5.20. The van der Waals surface area contributed by atoms with Crippen molar-refractivity contribution in [3.63, 3.8) is 0 Å². The average molecular weight is 134 g/mol. The van der Waals surface area contributed by atoms with Gasteiger partial charge in [0.2, 0.25) is 0 Å². The number of hydrogen-bond acceptors (Lipinski definition) is 3. The minimum Gasteiger partial charge on any atom is -0.397 e. The van der Waals surface area contributed by atoms with Crippen LogP contribution in [0.2, 0.25) is 0 Å². The molecule has 0 saturated carbocycles. The Morgan fingerprint density at radius 1 is 1.50 bits per heavy atom. The lowest BCUT2D eigenvalue weighted by Crippen LogP contribution is -1.82. The number of anilines is 1. The summed E-state index contributed by atoms with van der Waals surface area (Å²) in [5.41, 5.74) is 7.03. The molecule has 4 heteroatoms. The molecule has 0 amide bonds. The van der Waals surface area contributed by atoms with Crippen LogP contribution in [0.1, 0.15) is 0 Å². The first-order valence-electron chi connectivity index (χ1n) is 2.92. The summed E-state index contributed by atoms with van der Waals surface area (Å²) in [6.45, 7) is 0. The highest BCUT2D eigenvalue weighted by molar-refractivity contribution is 5.87. The van der Waals surface area contributed by atoms with Crippen molar-refractivity contribution in [3.05, 3.63) is 18.5 Å². The quantitative estimate of drug-likeness (QED) is 0.552. The highest BCUT2D eigenvalue weighted by Gasteiger charge is 1.97. The second-order valence-corrected chi connectivity index (χ2v) is 2.04. The average Bonchev–Trinajstić information content (AvgIpc) is 2.34. The number of nitrogen functional groups attached to an aromatic ring is 1. The summed E-state index contributed by atoms with van der Waals surface area (Å²) in [6.07, 6.45) is 3.33. The third-order valence-corrected chi connectivity index (χ3v) is 1.40. The van der Waals surface area contributed by atoms with Crippen LogP contribution in [-0.4, -0.2) is 15.2 Å². The Labute approximate surface area is 57.1 Å². The van der Waals surface area contributed by atoms with E-state index < -0.39 is 0 Å². The second-order valence-electron chi connectivity index (χ2n) is 2.04. The summed E-state index contributed by atoms with van der Waals surface area (Å²) in [5.74, 6) is 0. The smallest absolute Gasteiger partial charge is 0.162 e. The van der Waals surface area contributed by atoms with Crippen molar-refractivity contribution in [2.45, 2.75) is 0 Å². The fourth-order valence-electron chi connectivity index (χ4n) is 0.895. The molecule has 2 aromatic heterocycles. The molecule has 0 aliphatic heterocycles. The molecule has 0 aromatic carbocycles. The fraction of sp³-hybridized carbons (Fsp3) is 0. The van der Waals surface area contributed by atoms with E-state index in [-0.39, 0.29) is 0 Å². The van der Waals surface area contributed by atoms with Gasteiger partial charge in [-0.15, -0.1) is 5.10 Å². The van der Waals surface area contributed by atoms with E-state index in [1.807, 2.05) is 6.07 Å². The van der Waals surface area contributed by atoms with Crippen LogP contribution in [-0.2, 0) is 0 Å². The van der Waals surface area contributed by atoms with E-state index in [2.05, 4.69) is 15.2 Å². The summed E-state index contributed by atoms with van der Waals surface area (Å²) >= 11 is 0. The lowest BCUT2D eigenvalue weighted by atomic mass is 10.3. The molecule has 0 aliphatic carbocycles. The molecular weight excluding hydrogens is 128 g/mol. The number of nitrogens with one attached hydrogen (secondary N) is 1. The van der Waals surface area contributed by atoms with Gasteiger partial charge in [0, 0.05) is 11.6 Å². The SMILES string of the molecule is Nc1c[nH]c2nnccc12. The van der Waals surface area contributed by atoms with Crippen LogP contribution < -0.4 is 5.73 Å². The van der Waals surface area contributed by atoms with Crippen LogP contribution in [0.15, 0.2) is 18.5 Å². The number of rotatable bonds is 0. The van der Waals surface area contributed by atoms with Gasteiger partial charge in [-0.05, 0) is 6.07 Å². The van der Waals surface area contributed by atoms with Crippen molar-refractivity contribution in [2.75, 3.05) is 5.73 Å². The minimum absolute atomic E-state index is 0.713. The molecule has 2 heterocycles. The molecule has 0 saturated heterocycles. The molecule has 0 unspecified atom stereocenters. The molecule has 50 valence electrons. The Bertz CT molecular complexity index is 351. The van der Waals surface area contributed by atoms with Crippen LogP contribution in [0, 0.1) is 0 Å². The van der Waals surface area contributed by atoms with Crippen LogP contribution in [0.25, 0.3) is 11.0 Å². The summed E-state index contributed by atoms with van der Waals surface area (Å²) in [5, 5.41) is 8.43. The molecule has 0 atom stereocenters. The molecular formula is C6H6N4. The number of aromatic nitrogens is 3. The van der Waals surface area contributed by atoms with Crippen molar-refractivity contribution in [1.29, 1.82) is 0 Å². The molecule has 2 aromatic rings. The maximum absolute atomic E-state index is 5.58. The van der Waals surface area contributed by atoms with E-state index in [0.717, 1.165) is 11.0 Å². The normalized spacial score (nSPS) is 10.4. The van der Waals surface area contributed by atoms with Gasteiger partial charge < -0.3 is 10.7 Å². The Balaban J connectivity index is 2.93. The van der Waals surface area contributed by atoms with E-state index in [1.165, 1.54) is 0 Å². The summed E-state index contributed by atoms with van der Waals surface area (Å²) < 4.78 is 0. The Morgan fingerprint density at radius 3 is 3.20 bits per heavy atom. The molecule has 2 rings (SSSR count). The van der Waals surface area contributed by atoms with E-state index in [0.29, 0.717) is 5.69 Å². The van der Waals surface area contributed by atoms with Gasteiger partial charge in [-0.25, -0.2) is 0 Å². The lowest BCUT2D eigenvalue weighted by Gasteiger charge is -1.85. The first-order chi connectivity index (χ1) is 4.88. The van der Waals surface area contributed by atoms with Gasteiger partial charge in [0.1, 0.15) is 0 Å². The molecule has 0 fully saturated rings. The molecule has 0 radical (unpaired) electrons. The van der Waals surface area contributed by atoms with Gasteiger partial charge in [-0.2, -0.15) is 5.10 Å². The minimum atomic E-state index is 0.713. The molecule has 10 heavy (non-hydrogen) atoms. The van der Waals surface area contributed by atoms with E-state index >= 15 is 0 Å². The number of aromatic amines is 1. The third-order valence-electron chi connectivity index (χ3n) is 1.40. The fourth-order valence-corrected chi connectivity index (χ4v) is 0.895. The standard InChI is InChI=1S/C6H6N4/c7-5-3-8-6-4(5)1-2-9-10-6/h1-3H,7H2,(H,8,10). The first-order valence-corrected chi connectivity index (χ1v) is 2.92. The lowest BCUT2D eigenvalue weighted by molar-refractivity contribution is 1.06. The van der Waals surface area contributed by atoms with E-state index in [1.54, 1.807) is 12.4 Å². The number of fused-ring (bicyclic) bond motifs is 1. The van der Waals surface area contributed by atoms with Gasteiger partial charge >= 0.3 is 0 Å². The number of H-pyrrole nitrogens is 1. The number of nitrogens with zero attached hydrogens (tertiary/aromatic N) is 2. The predicted molar refractivity (Wildman–Crippen MR) is 38.3 cm³/mol.